The summed E-state index contributed by atoms with van der Waals surface area (Å²) in [5, 5.41) is 0. The molecule has 2 aromatic carbocycles. The van der Waals surface area contributed by atoms with E-state index in [0.29, 0.717) is 31.7 Å². The number of aliphatic imine (C=N–C) groups is 1. The maximum Gasteiger partial charge on any atom is 0.253 e. The van der Waals surface area contributed by atoms with Crippen molar-refractivity contribution in [1.29, 1.82) is 0 Å². The van der Waals surface area contributed by atoms with Crippen LogP contribution in [-0.4, -0.2) is 60.6 Å². The van der Waals surface area contributed by atoms with E-state index in [4.69, 9.17) is 0 Å². The lowest BCUT2D eigenvalue weighted by Gasteiger charge is -2.34. The molecule has 1 aliphatic rings. The van der Waals surface area contributed by atoms with Crippen molar-refractivity contribution in [3.63, 3.8) is 0 Å². The van der Waals surface area contributed by atoms with E-state index in [1.807, 2.05) is 47.4 Å². The van der Waals surface area contributed by atoms with Crippen LogP contribution in [0.15, 0.2) is 58.0 Å². The minimum Gasteiger partial charge on any atom is -0.339 e. The Hall–Kier alpha value is -2.73. The number of hydrogen-bond donors (Lipinski definition) is 0. The van der Waals surface area contributed by atoms with E-state index in [1.54, 1.807) is 18.9 Å². The predicted molar refractivity (Wildman–Crippen MR) is 125 cm³/mol. The van der Waals surface area contributed by atoms with Crippen LogP contribution in [0.4, 0.5) is 0 Å². The molecule has 3 rings (SSSR count). The van der Waals surface area contributed by atoms with E-state index < -0.39 is 0 Å². The van der Waals surface area contributed by atoms with Crippen LogP contribution in [0, 0.1) is 6.92 Å². The van der Waals surface area contributed by atoms with Crippen molar-refractivity contribution in [2.75, 3.05) is 33.2 Å². The zero-order valence-electron chi connectivity index (χ0n) is 17.6. The van der Waals surface area contributed by atoms with Crippen molar-refractivity contribution in [2.45, 2.75) is 13.8 Å². The van der Waals surface area contributed by atoms with E-state index in [9.17, 15) is 9.59 Å². The van der Waals surface area contributed by atoms with E-state index in [2.05, 4.69) is 40.0 Å². The highest BCUT2D eigenvalue weighted by Crippen LogP contribution is 2.18. The molecule has 30 heavy (non-hydrogen) atoms. The third-order valence-corrected chi connectivity index (χ3v) is 5.81. The Labute approximate surface area is 186 Å². The second-order valence-corrected chi connectivity index (χ2v) is 8.24. The SMILES string of the molecule is CN=C(/C=C/c1ccc(C(=O)N2CCN(C(C)=O)CC2)cc1)c1cc(Br)ccc1C. The summed E-state index contributed by atoms with van der Waals surface area (Å²) in [4.78, 5) is 32.2. The Kier molecular flexibility index (Phi) is 7.21. The molecule has 1 fully saturated rings. The zero-order valence-corrected chi connectivity index (χ0v) is 19.1. The first-order chi connectivity index (χ1) is 14.4. The van der Waals surface area contributed by atoms with E-state index in [-0.39, 0.29) is 11.8 Å². The highest BCUT2D eigenvalue weighted by atomic mass is 79.9. The van der Waals surface area contributed by atoms with Crippen LogP contribution in [0.25, 0.3) is 6.08 Å². The standard InChI is InChI=1S/C24H26BrN3O2/c1-17-4-10-21(25)16-22(17)23(26-3)11-7-19-5-8-20(9-6-19)24(30)28-14-12-27(13-15-28)18(2)29/h4-11,16H,12-15H2,1-3H3/b11-7+,26-23?. The lowest BCUT2D eigenvalue weighted by Crippen LogP contribution is -2.50. The van der Waals surface area contributed by atoms with E-state index in [0.717, 1.165) is 26.9 Å². The normalized spacial score (nSPS) is 15.0. The number of amides is 2. The zero-order chi connectivity index (χ0) is 21.7. The molecule has 0 saturated carbocycles. The Bertz CT molecular complexity index is 988. The van der Waals surface area contributed by atoms with Crippen LogP contribution in [0.3, 0.4) is 0 Å². The van der Waals surface area contributed by atoms with Crippen molar-refractivity contribution in [3.05, 3.63) is 75.3 Å². The van der Waals surface area contributed by atoms with Gasteiger partial charge in [-0.3, -0.25) is 14.6 Å². The molecule has 0 atom stereocenters. The Balaban J connectivity index is 1.67. The number of halogens is 1. The molecule has 6 heteroatoms. The smallest absolute Gasteiger partial charge is 0.253 e. The summed E-state index contributed by atoms with van der Waals surface area (Å²) in [6.45, 7) is 5.96. The lowest BCUT2D eigenvalue weighted by atomic mass is 10.0. The number of piperazine rings is 1. The number of rotatable bonds is 4. The molecule has 156 valence electrons. The lowest BCUT2D eigenvalue weighted by molar-refractivity contribution is -0.130. The van der Waals surface area contributed by atoms with Gasteiger partial charge in [0.25, 0.3) is 5.91 Å². The molecule has 0 aliphatic carbocycles. The maximum atomic E-state index is 12.7. The third-order valence-electron chi connectivity index (χ3n) is 5.32. The first-order valence-electron chi connectivity index (χ1n) is 9.95. The second kappa shape index (κ2) is 9.85. The molecule has 2 aromatic rings. The monoisotopic (exact) mass is 467 g/mol. The third kappa shape index (κ3) is 5.25. The van der Waals surface area contributed by atoms with Gasteiger partial charge >= 0.3 is 0 Å². The van der Waals surface area contributed by atoms with Crippen molar-refractivity contribution in [1.82, 2.24) is 9.80 Å². The summed E-state index contributed by atoms with van der Waals surface area (Å²) >= 11 is 3.52. The fourth-order valence-corrected chi connectivity index (χ4v) is 3.84. The highest BCUT2D eigenvalue weighted by Gasteiger charge is 2.23. The van der Waals surface area contributed by atoms with Crippen LogP contribution in [-0.2, 0) is 4.79 Å². The van der Waals surface area contributed by atoms with E-state index >= 15 is 0 Å². The summed E-state index contributed by atoms with van der Waals surface area (Å²) in [5.74, 6) is 0.0700. The largest absolute Gasteiger partial charge is 0.339 e. The average molecular weight is 468 g/mol. The van der Waals surface area contributed by atoms with Gasteiger partial charge in [0.1, 0.15) is 0 Å². The summed E-state index contributed by atoms with van der Waals surface area (Å²) in [6, 6.07) is 13.7. The van der Waals surface area contributed by atoms with Crippen molar-refractivity contribution < 1.29 is 9.59 Å². The second-order valence-electron chi connectivity index (χ2n) is 7.32. The minimum atomic E-state index is 0.00861. The van der Waals surface area contributed by atoms with Crippen LogP contribution >= 0.6 is 15.9 Å². The number of carbonyl (C=O) groups excluding carboxylic acids is 2. The molecule has 5 nitrogen and oxygen atoms in total. The molecule has 1 heterocycles. The number of nitrogens with zero attached hydrogens (tertiary/aromatic N) is 3. The van der Waals surface area contributed by atoms with Gasteiger partial charge < -0.3 is 9.80 Å². The minimum absolute atomic E-state index is 0.00861. The molecule has 0 radical (unpaired) electrons. The van der Waals surface area contributed by atoms with Gasteiger partial charge in [0.05, 0.1) is 5.71 Å². The highest BCUT2D eigenvalue weighted by molar-refractivity contribution is 9.10. The quantitative estimate of drug-likeness (QED) is 0.632. The summed E-state index contributed by atoms with van der Waals surface area (Å²) in [7, 11) is 1.79. The predicted octanol–water partition coefficient (Wildman–Crippen LogP) is 4.19. The van der Waals surface area contributed by atoms with Gasteiger partial charge in [-0.1, -0.05) is 40.2 Å². The van der Waals surface area contributed by atoms with Gasteiger partial charge in [-0.2, -0.15) is 0 Å². The van der Waals surface area contributed by atoms with Gasteiger partial charge in [-0.25, -0.2) is 0 Å². The van der Waals surface area contributed by atoms with Gasteiger partial charge in [0, 0.05) is 55.8 Å². The van der Waals surface area contributed by atoms with Crippen molar-refractivity contribution in [3.8, 4) is 0 Å². The molecule has 0 spiro atoms. The van der Waals surface area contributed by atoms with Crippen LogP contribution in [0.2, 0.25) is 0 Å². The Morgan fingerprint density at radius 2 is 1.63 bits per heavy atom. The number of benzene rings is 2. The van der Waals surface area contributed by atoms with Gasteiger partial charge in [-0.05, 0) is 48.4 Å². The average Bonchev–Trinajstić information content (AvgIpc) is 2.76. The molecule has 0 bridgehead atoms. The fourth-order valence-electron chi connectivity index (χ4n) is 3.47. The van der Waals surface area contributed by atoms with Crippen molar-refractivity contribution in [2.24, 2.45) is 4.99 Å². The Morgan fingerprint density at radius 3 is 2.23 bits per heavy atom. The van der Waals surface area contributed by atoms with Gasteiger partial charge in [0.2, 0.25) is 5.91 Å². The summed E-state index contributed by atoms with van der Waals surface area (Å²) in [6.07, 6.45) is 4.00. The number of aryl methyl sites for hydroxylation is 1. The van der Waals surface area contributed by atoms with E-state index in [1.165, 1.54) is 0 Å². The van der Waals surface area contributed by atoms with Crippen LogP contribution in [0.1, 0.15) is 34.0 Å². The number of carbonyl (C=O) groups is 2. The molecule has 0 aromatic heterocycles. The fraction of sp³-hybridized carbons (Fsp3) is 0.292. The Morgan fingerprint density at radius 1 is 1.00 bits per heavy atom. The molecule has 2 amide bonds. The number of allylic oxidation sites excluding steroid dienone is 1. The first kappa shape index (κ1) is 22.0. The topological polar surface area (TPSA) is 53.0 Å². The van der Waals surface area contributed by atoms with Gasteiger partial charge in [-0.15, -0.1) is 0 Å². The molecule has 1 saturated heterocycles. The maximum absolute atomic E-state index is 12.7. The van der Waals surface area contributed by atoms with Crippen LogP contribution < -0.4 is 0 Å². The van der Waals surface area contributed by atoms with Crippen molar-refractivity contribution >= 4 is 39.5 Å². The molecular formula is C24H26BrN3O2. The van der Waals surface area contributed by atoms with Crippen LogP contribution in [0.5, 0.6) is 0 Å². The molecular weight excluding hydrogens is 442 g/mol. The molecule has 1 aliphatic heterocycles. The summed E-state index contributed by atoms with van der Waals surface area (Å²) < 4.78 is 1.02. The van der Waals surface area contributed by atoms with Gasteiger partial charge in [0.15, 0.2) is 0 Å². The molecule has 0 N–H and O–H groups in total. The summed E-state index contributed by atoms with van der Waals surface area (Å²) in [5.41, 5.74) is 4.81. The first-order valence-corrected chi connectivity index (χ1v) is 10.7. The number of hydrogen-bond acceptors (Lipinski definition) is 3. The molecule has 0 unspecified atom stereocenters.